The van der Waals surface area contributed by atoms with Crippen LogP contribution in [0.2, 0.25) is 0 Å². The van der Waals surface area contributed by atoms with Crippen LogP contribution in [0, 0.1) is 12.8 Å². The largest absolute Gasteiger partial charge is 0.495 e. The van der Waals surface area contributed by atoms with Crippen LogP contribution in [0.1, 0.15) is 25.8 Å². The third kappa shape index (κ3) is 5.48. The molecule has 0 heterocycles. The number of nitrogens with one attached hydrogen (secondary N) is 1. The number of hydrogen-bond donors (Lipinski definition) is 1. The van der Waals surface area contributed by atoms with Gasteiger partial charge in [0, 0.05) is 6.54 Å². The first-order chi connectivity index (χ1) is 13.3. The number of methoxy groups -OCH3 is 1. The van der Waals surface area contributed by atoms with Crippen LogP contribution in [-0.2, 0) is 14.8 Å². The molecule has 0 spiro atoms. The van der Waals surface area contributed by atoms with E-state index in [0.717, 1.165) is 16.3 Å². The van der Waals surface area contributed by atoms with E-state index in [2.05, 4.69) is 19.2 Å². The lowest BCUT2D eigenvalue weighted by Crippen LogP contribution is -2.41. The van der Waals surface area contributed by atoms with E-state index in [1.165, 1.54) is 7.11 Å². The van der Waals surface area contributed by atoms with Gasteiger partial charge in [-0.3, -0.25) is 9.10 Å². The number of carbonyl (C=O) groups is 1. The lowest BCUT2D eigenvalue weighted by Gasteiger charge is -2.25. The lowest BCUT2D eigenvalue weighted by atomic mass is 10.1. The summed E-state index contributed by atoms with van der Waals surface area (Å²) in [4.78, 5) is 12.6. The third-order valence-electron chi connectivity index (χ3n) is 4.29. The average molecular weight is 405 g/mol. The summed E-state index contributed by atoms with van der Waals surface area (Å²) in [7, 11) is -2.48. The van der Waals surface area contributed by atoms with Crippen molar-refractivity contribution in [1.82, 2.24) is 5.32 Å². The Bertz CT molecular complexity index is 893. The van der Waals surface area contributed by atoms with E-state index in [0.29, 0.717) is 23.9 Å². The molecule has 2 aromatic rings. The van der Waals surface area contributed by atoms with Crippen LogP contribution in [0.15, 0.2) is 53.4 Å². The number of sulfonamides is 1. The molecule has 0 saturated heterocycles. The first-order valence-electron chi connectivity index (χ1n) is 9.25. The van der Waals surface area contributed by atoms with Gasteiger partial charge < -0.3 is 10.1 Å². The number of nitrogens with zero attached hydrogens (tertiary/aromatic N) is 1. The first-order valence-corrected chi connectivity index (χ1v) is 10.7. The number of para-hydroxylation sites is 2. The molecule has 6 nitrogen and oxygen atoms in total. The number of carbonyl (C=O) groups excluding carboxylic acids is 1. The normalized spacial score (nSPS) is 11.3. The average Bonchev–Trinajstić information content (AvgIpc) is 2.66. The SMILES string of the molecule is COc1ccccc1N(CC(=O)NCCC(C)C)S(=O)(=O)c1ccc(C)cc1. The van der Waals surface area contributed by atoms with Crippen LogP contribution in [0.3, 0.4) is 0 Å². The van der Waals surface area contributed by atoms with Crippen molar-refractivity contribution in [1.29, 1.82) is 0 Å². The fraction of sp³-hybridized carbons (Fsp3) is 0.381. The Morgan fingerprint density at radius 1 is 1.11 bits per heavy atom. The standard InChI is InChI=1S/C21H28N2O4S/c1-16(2)13-14-22-21(24)15-23(19-7-5-6-8-20(19)27-4)28(25,26)18-11-9-17(3)10-12-18/h5-12,16H,13-15H2,1-4H3,(H,22,24). The van der Waals surface area contributed by atoms with Gasteiger partial charge in [-0.2, -0.15) is 0 Å². The second kappa shape index (κ2) is 9.59. The zero-order valence-corrected chi connectivity index (χ0v) is 17.6. The van der Waals surface area contributed by atoms with Gasteiger partial charge in [0.25, 0.3) is 10.0 Å². The van der Waals surface area contributed by atoms with Gasteiger partial charge >= 0.3 is 0 Å². The van der Waals surface area contributed by atoms with Crippen molar-refractivity contribution in [3.8, 4) is 5.75 Å². The monoisotopic (exact) mass is 404 g/mol. The van der Waals surface area contributed by atoms with E-state index in [9.17, 15) is 13.2 Å². The molecular weight excluding hydrogens is 376 g/mol. The summed E-state index contributed by atoms with van der Waals surface area (Å²) >= 11 is 0. The molecule has 0 saturated carbocycles. The highest BCUT2D eigenvalue weighted by atomic mass is 32.2. The second-order valence-electron chi connectivity index (χ2n) is 7.03. The highest BCUT2D eigenvalue weighted by molar-refractivity contribution is 7.92. The minimum Gasteiger partial charge on any atom is -0.495 e. The molecule has 0 aromatic heterocycles. The molecule has 0 fully saturated rings. The molecular formula is C21H28N2O4S. The Morgan fingerprint density at radius 3 is 2.36 bits per heavy atom. The van der Waals surface area contributed by atoms with E-state index in [-0.39, 0.29) is 17.3 Å². The van der Waals surface area contributed by atoms with Gasteiger partial charge in [-0.15, -0.1) is 0 Å². The van der Waals surface area contributed by atoms with Crippen LogP contribution in [0.5, 0.6) is 5.75 Å². The van der Waals surface area contributed by atoms with E-state index >= 15 is 0 Å². The number of hydrogen-bond acceptors (Lipinski definition) is 4. The fourth-order valence-corrected chi connectivity index (χ4v) is 4.09. The number of rotatable bonds is 9. The predicted octanol–water partition coefficient (Wildman–Crippen LogP) is 3.36. The van der Waals surface area contributed by atoms with Gasteiger partial charge in [-0.05, 0) is 43.5 Å². The summed E-state index contributed by atoms with van der Waals surface area (Å²) in [5.74, 6) is 0.470. The Hall–Kier alpha value is -2.54. The van der Waals surface area contributed by atoms with Crippen molar-refractivity contribution in [2.45, 2.75) is 32.1 Å². The molecule has 0 aliphatic rings. The third-order valence-corrected chi connectivity index (χ3v) is 6.07. The zero-order valence-electron chi connectivity index (χ0n) is 16.8. The number of anilines is 1. The number of benzene rings is 2. The number of ether oxygens (including phenoxy) is 1. The summed E-state index contributed by atoms with van der Waals surface area (Å²) in [5, 5.41) is 2.80. The lowest BCUT2D eigenvalue weighted by molar-refractivity contribution is -0.119. The predicted molar refractivity (Wildman–Crippen MR) is 111 cm³/mol. The van der Waals surface area contributed by atoms with Crippen molar-refractivity contribution < 1.29 is 17.9 Å². The minimum atomic E-state index is -3.95. The summed E-state index contributed by atoms with van der Waals surface area (Å²) in [5.41, 5.74) is 1.28. The van der Waals surface area contributed by atoms with Crippen molar-refractivity contribution >= 4 is 21.6 Å². The molecule has 0 radical (unpaired) electrons. The molecule has 2 rings (SSSR count). The van der Waals surface area contributed by atoms with Crippen LogP contribution in [-0.4, -0.2) is 34.5 Å². The van der Waals surface area contributed by atoms with Gasteiger partial charge in [0.15, 0.2) is 0 Å². The molecule has 0 unspecified atom stereocenters. The maximum absolute atomic E-state index is 13.3. The molecule has 28 heavy (non-hydrogen) atoms. The number of aryl methyl sites for hydroxylation is 1. The first kappa shape index (κ1) is 21.8. The minimum absolute atomic E-state index is 0.124. The molecule has 7 heteroatoms. The molecule has 0 atom stereocenters. The Kier molecular flexibility index (Phi) is 7.45. The van der Waals surface area contributed by atoms with Gasteiger partial charge in [0.05, 0.1) is 17.7 Å². The quantitative estimate of drug-likeness (QED) is 0.695. The van der Waals surface area contributed by atoms with Crippen LogP contribution in [0.25, 0.3) is 0 Å². The zero-order chi connectivity index (χ0) is 20.7. The van der Waals surface area contributed by atoms with Gasteiger partial charge in [-0.1, -0.05) is 43.7 Å². The van der Waals surface area contributed by atoms with Gasteiger partial charge in [-0.25, -0.2) is 8.42 Å². The highest BCUT2D eigenvalue weighted by Gasteiger charge is 2.29. The molecule has 1 N–H and O–H groups in total. The molecule has 0 aliphatic heterocycles. The maximum Gasteiger partial charge on any atom is 0.264 e. The van der Waals surface area contributed by atoms with E-state index in [4.69, 9.17) is 4.74 Å². The topological polar surface area (TPSA) is 75.7 Å². The van der Waals surface area contributed by atoms with Gasteiger partial charge in [0.1, 0.15) is 12.3 Å². The maximum atomic E-state index is 13.3. The highest BCUT2D eigenvalue weighted by Crippen LogP contribution is 2.32. The second-order valence-corrected chi connectivity index (χ2v) is 8.89. The summed E-state index contributed by atoms with van der Waals surface area (Å²) in [6.45, 7) is 6.19. The Balaban J connectivity index is 2.38. The van der Waals surface area contributed by atoms with Crippen LogP contribution < -0.4 is 14.4 Å². The van der Waals surface area contributed by atoms with Crippen molar-refractivity contribution in [3.63, 3.8) is 0 Å². The molecule has 152 valence electrons. The molecule has 1 amide bonds. The number of amides is 1. The summed E-state index contributed by atoms with van der Waals surface area (Å²) < 4.78 is 33.1. The molecule has 0 aliphatic carbocycles. The van der Waals surface area contributed by atoms with E-state index < -0.39 is 10.0 Å². The smallest absolute Gasteiger partial charge is 0.264 e. The van der Waals surface area contributed by atoms with Gasteiger partial charge in [0.2, 0.25) is 5.91 Å². The van der Waals surface area contributed by atoms with Crippen LogP contribution in [0.4, 0.5) is 5.69 Å². The molecule has 0 bridgehead atoms. The Morgan fingerprint density at radius 2 is 1.75 bits per heavy atom. The van der Waals surface area contributed by atoms with Crippen molar-refractivity contribution in [3.05, 3.63) is 54.1 Å². The van der Waals surface area contributed by atoms with Crippen molar-refractivity contribution in [2.24, 2.45) is 5.92 Å². The van der Waals surface area contributed by atoms with Crippen LogP contribution >= 0.6 is 0 Å². The molecule has 2 aromatic carbocycles. The van der Waals surface area contributed by atoms with Crippen molar-refractivity contribution in [2.75, 3.05) is 24.5 Å². The van der Waals surface area contributed by atoms with E-state index in [1.807, 2.05) is 6.92 Å². The summed E-state index contributed by atoms with van der Waals surface area (Å²) in [6.07, 6.45) is 0.825. The fourth-order valence-electron chi connectivity index (χ4n) is 2.66. The van der Waals surface area contributed by atoms with E-state index in [1.54, 1.807) is 48.5 Å². The Labute approximate surface area is 167 Å². The summed E-state index contributed by atoms with van der Waals surface area (Å²) in [6, 6.07) is 13.3.